The third kappa shape index (κ3) is 3.74. The first-order valence-electron chi connectivity index (χ1n) is 10.6. The van der Waals surface area contributed by atoms with Gasteiger partial charge < -0.3 is 19.9 Å². The summed E-state index contributed by atoms with van der Waals surface area (Å²) in [6, 6.07) is 9.05. The fourth-order valence-electron chi connectivity index (χ4n) is 4.44. The van der Waals surface area contributed by atoms with Crippen molar-refractivity contribution in [3.8, 4) is 23.3 Å². The number of methoxy groups -OCH3 is 3. The van der Waals surface area contributed by atoms with Crippen LogP contribution in [-0.4, -0.2) is 38.0 Å². The van der Waals surface area contributed by atoms with E-state index in [4.69, 9.17) is 19.9 Å². The van der Waals surface area contributed by atoms with Crippen LogP contribution in [-0.2, 0) is 4.79 Å². The van der Waals surface area contributed by atoms with E-state index in [0.717, 1.165) is 0 Å². The molecule has 1 aliphatic carbocycles. The molecule has 0 radical (unpaired) electrons. The van der Waals surface area contributed by atoms with Crippen molar-refractivity contribution in [1.82, 2.24) is 10.4 Å². The predicted molar refractivity (Wildman–Crippen MR) is 125 cm³/mol. The van der Waals surface area contributed by atoms with E-state index in [1.54, 1.807) is 29.6 Å². The van der Waals surface area contributed by atoms with Gasteiger partial charge in [0.1, 0.15) is 5.82 Å². The van der Waals surface area contributed by atoms with Gasteiger partial charge in [0.05, 0.1) is 43.8 Å². The van der Waals surface area contributed by atoms with Gasteiger partial charge in [0, 0.05) is 23.3 Å². The Bertz CT molecular complexity index is 1240. The molecule has 4 rings (SSSR count). The third-order valence-corrected chi connectivity index (χ3v) is 6.79. The van der Waals surface area contributed by atoms with Crippen LogP contribution in [0.5, 0.6) is 17.2 Å². The second-order valence-electron chi connectivity index (χ2n) is 7.66. The Morgan fingerprint density at radius 3 is 2.56 bits per heavy atom. The monoisotopic (exact) mass is 480 g/mol. The molecule has 2 aliphatic rings. The highest BCUT2D eigenvalue weighted by Crippen LogP contribution is 2.50. The molecule has 1 aromatic carbocycles. The SMILES string of the molecule is COc1ccc(C2C(C#N)=C(N)N(NC(=O)c3cccs3)C3=C2C(=O)CCC3)c(OC)c1OC. The molecule has 0 fully saturated rings. The maximum atomic E-state index is 13.3. The number of ketones is 1. The number of nitriles is 1. The average molecular weight is 481 g/mol. The fraction of sp³-hybridized carbons (Fsp3) is 0.292. The number of carbonyl (C=O) groups excluding carboxylic acids is 2. The number of carbonyl (C=O) groups is 2. The maximum absolute atomic E-state index is 13.3. The van der Waals surface area contributed by atoms with Gasteiger partial charge in [-0.2, -0.15) is 5.26 Å². The summed E-state index contributed by atoms with van der Waals surface area (Å²) in [6.07, 6.45) is 1.45. The molecule has 34 heavy (non-hydrogen) atoms. The van der Waals surface area contributed by atoms with E-state index in [1.807, 2.05) is 0 Å². The van der Waals surface area contributed by atoms with E-state index in [2.05, 4.69) is 11.5 Å². The minimum atomic E-state index is -0.780. The Morgan fingerprint density at radius 2 is 1.94 bits per heavy atom. The van der Waals surface area contributed by atoms with Gasteiger partial charge in [0.15, 0.2) is 17.3 Å². The number of hydrazine groups is 1. The number of thiophene rings is 1. The molecular formula is C24H24N4O5S. The lowest BCUT2D eigenvalue weighted by atomic mass is 9.75. The molecule has 1 unspecified atom stereocenters. The zero-order valence-electron chi connectivity index (χ0n) is 19.0. The van der Waals surface area contributed by atoms with Gasteiger partial charge in [-0.15, -0.1) is 11.3 Å². The molecule has 0 bridgehead atoms. The summed E-state index contributed by atoms with van der Waals surface area (Å²) in [5.41, 5.74) is 10.9. The molecule has 0 saturated carbocycles. The molecular weight excluding hydrogens is 456 g/mol. The minimum Gasteiger partial charge on any atom is -0.493 e. The van der Waals surface area contributed by atoms with Crippen LogP contribution in [0.25, 0.3) is 0 Å². The number of hydrogen-bond acceptors (Lipinski definition) is 9. The van der Waals surface area contributed by atoms with Crippen molar-refractivity contribution in [3.63, 3.8) is 0 Å². The summed E-state index contributed by atoms with van der Waals surface area (Å²) < 4.78 is 16.5. The van der Waals surface area contributed by atoms with Gasteiger partial charge in [-0.3, -0.25) is 15.0 Å². The first-order chi connectivity index (χ1) is 16.5. The topological polar surface area (TPSA) is 127 Å². The Hall–Kier alpha value is -3.97. The Labute approximate surface area is 201 Å². The van der Waals surface area contributed by atoms with Crippen LogP contribution in [0.4, 0.5) is 0 Å². The Balaban J connectivity index is 1.91. The number of ether oxygens (including phenoxy) is 3. The van der Waals surface area contributed by atoms with E-state index in [0.29, 0.717) is 58.2 Å². The van der Waals surface area contributed by atoms with Crippen LogP contribution in [0.15, 0.2) is 52.3 Å². The van der Waals surface area contributed by atoms with Gasteiger partial charge in [0.2, 0.25) is 5.75 Å². The summed E-state index contributed by atoms with van der Waals surface area (Å²) >= 11 is 1.28. The molecule has 176 valence electrons. The second-order valence-corrected chi connectivity index (χ2v) is 8.61. The highest BCUT2D eigenvalue weighted by atomic mass is 32.1. The smallest absolute Gasteiger partial charge is 0.280 e. The van der Waals surface area contributed by atoms with Gasteiger partial charge in [-0.1, -0.05) is 12.1 Å². The molecule has 1 aromatic heterocycles. The Kier molecular flexibility index (Phi) is 6.47. The lowest BCUT2D eigenvalue weighted by Crippen LogP contribution is -2.48. The molecule has 1 aliphatic heterocycles. The van der Waals surface area contributed by atoms with E-state index >= 15 is 0 Å². The van der Waals surface area contributed by atoms with Crippen LogP contribution in [0.2, 0.25) is 0 Å². The fourth-order valence-corrected chi connectivity index (χ4v) is 5.05. The van der Waals surface area contributed by atoms with Crippen molar-refractivity contribution < 1.29 is 23.8 Å². The van der Waals surface area contributed by atoms with E-state index < -0.39 is 5.92 Å². The van der Waals surface area contributed by atoms with Gasteiger partial charge >= 0.3 is 0 Å². The number of nitrogens with two attached hydrogens (primary N) is 1. The highest BCUT2D eigenvalue weighted by molar-refractivity contribution is 7.12. The van der Waals surface area contributed by atoms with Crippen LogP contribution < -0.4 is 25.4 Å². The van der Waals surface area contributed by atoms with Crippen molar-refractivity contribution in [2.45, 2.75) is 25.2 Å². The summed E-state index contributed by atoms with van der Waals surface area (Å²) in [5, 5.41) is 13.3. The zero-order valence-corrected chi connectivity index (χ0v) is 19.8. The van der Waals surface area contributed by atoms with E-state index in [9.17, 15) is 14.9 Å². The van der Waals surface area contributed by atoms with E-state index in [-0.39, 0.29) is 23.1 Å². The molecule has 1 amide bonds. The normalized spacial score (nSPS) is 17.8. The van der Waals surface area contributed by atoms with Crippen LogP contribution in [0.3, 0.4) is 0 Å². The standard InChI is InChI=1S/C24H24N4O5S/c1-31-17-10-9-13(21(32-2)22(17)33-3)19-14(12-25)23(26)28(15-6-4-7-16(29)20(15)19)27-24(30)18-8-5-11-34-18/h5,8-11,19H,4,6-7,26H2,1-3H3,(H,27,30). The first kappa shape index (κ1) is 23.2. The molecule has 0 spiro atoms. The summed E-state index contributed by atoms with van der Waals surface area (Å²) in [5.74, 6) is -0.0737. The van der Waals surface area contributed by atoms with Crippen molar-refractivity contribution in [2.75, 3.05) is 21.3 Å². The molecule has 9 nitrogen and oxygen atoms in total. The number of amides is 1. The quantitative estimate of drug-likeness (QED) is 0.645. The van der Waals surface area contributed by atoms with Crippen molar-refractivity contribution in [3.05, 3.63) is 62.8 Å². The number of Topliss-reactive ketones (excluding diaryl/α,β-unsaturated/α-hetero) is 1. The molecule has 2 aromatic rings. The Morgan fingerprint density at radius 1 is 1.18 bits per heavy atom. The van der Waals surface area contributed by atoms with Crippen molar-refractivity contribution in [1.29, 1.82) is 5.26 Å². The van der Waals surface area contributed by atoms with Crippen LogP contribution in [0, 0.1) is 11.3 Å². The van der Waals surface area contributed by atoms with Gasteiger partial charge in [0.25, 0.3) is 5.91 Å². The lowest BCUT2D eigenvalue weighted by molar-refractivity contribution is -0.116. The van der Waals surface area contributed by atoms with Gasteiger partial charge in [-0.05, 0) is 30.4 Å². The minimum absolute atomic E-state index is 0.0581. The zero-order chi connectivity index (χ0) is 24.4. The number of allylic oxidation sites excluding steroid dienone is 3. The second kappa shape index (κ2) is 9.49. The van der Waals surface area contributed by atoms with Gasteiger partial charge in [-0.25, -0.2) is 5.01 Å². The van der Waals surface area contributed by atoms with Crippen molar-refractivity contribution in [2.24, 2.45) is 5.73 Å². The predicted octanol–water partition coefficient (Wildman–Crippen LogP) is 3.22. The summed E-state index contributed by atoms with van der Waals surface area (Å²) in [6.45, 7) is 0. The van der Waals surface area contributed by atoms with Crippen molar-refractivity contribution >= 4 is 23.0 Å². The molecule has 3 N–H and O–H groups in total. The van der Waals surface area contributed by atoms with Crippen LogP contribution >= 0.6 is 11.3 Å². The number of benzene rings is 1. The van der Waals surface area contributed by atoms with E-state index in [1.165, 1.54) is 37.7 Å². The molecule has 0 saturated heterocycles. The number of hydrogen-bond donors (Lipinski definition) is 2. The molecule has 10 heteroatoms. The summed E-state index contributed by atoms with van der Waals surface area (Å²) in [7, 11) is 4.47. The molecule has 1 atom stereocenters. The average Bonchev–Trinajstić information content (AvgIpc) is 3.39. The summed E-state index contributed by atoms with van der Waals surface area (Å²) in [4.78, 5) is 26.6. The number of nitrogens with one attached hydrogen (secondary N) is 1. The first-order valence-corrected chi connectivity index (χ1v) is 11.4. The lowest BCUT2D eigenvalue weighted by Gasteiger charge is -2.39. The maximum Gasteiger partial charge on any atom is 0.280 e. The molecule has 2 heterocycles. The third-order valence-electron chi connectivity index (χ3n) is 5.92. The largest absolute Gasteiger partial charge is 0.493 e. The number of rotatable bonds is 6. The number of nitrogens with zero attached hydrogens (tertiary/aromatic N) is 2. The highest BCUT2D eigenvalue weighted by Gasteiger charge is 2.42. The van der Waals surface area contributed by atoms with Crippen LogP contribution in [0.1, 0.15) is 40.4 Å².